The molecule has 1 amide bonds. The molecule has 1 saturated heterocycles. The minimum Gasteiger partial charge on any atom is -0.507 e. The molecule has 0 bridgehead atoms. The number of aryl methyl sites for hydroxylation is 1. The number of carbonyl (C=O) groups is 2. The highest BCUT2D eigenvalue weighted by Crippen LogP contribution is 2.43. The molecular formula is C24H20N2O5S. The smallest absolute Gasteiger partial charge is 0.301 e. The lowest BCUT2D eigenvalue weighted by atomic mass is 9.94. The molecule has 0 unspecified atom stereocenters. The summed E-state index contributed by atoms with van der Waals surface area (Å²) in [7, 11) is 0. The van der Waals surface area contributed by atoms with Crippen molar-refractivity contribution in [2.24, 2.45) is 0 Å². The first-order valence-electron chi connectivity index (χ1n) is 10.3. The zero-order valence-corrected chi connectivity index (χ0v) is 18.1. The SMILES string of the molecule is CCc1ccc([C@H]2/C(=C(\O)c3ccc4c(c3)OCCO4)C(=O)C(=O)N2c2nccs2)cc1. The number of ether oxygens (including phenoxy) is 2. The Hall–Kier alpha value is -3.65. The minimum atomic E-state index is -0.791. The van der Waals surface area contributed by atoms with E-state index in [0.717, 1.165) is 17.5 Å². The van der Waals surface area contributed by atoms with E-state index in [1.807, 2.05) is 24.3 Å². The van der Waals surface area contributed by atoms with E-state index >= 15 is 0 Å². The van der Waals surface area contributed by atoms with Crippen LogP contribution in [0.4, 0.5) is 5.13 Å². The van der Waals surface area contributed by atoms with Gasteiger partial charge in [-0.15, -0.1) is 11.3 Å². The van der Waals surface area contributed by atoms with Crippen LogP contribution >= 0.6 is 11.3 Å². The van der Waals surface area contributed by atoms with E-state index < -0.39 is 17.7 Å². The summed E-state index contributed by atoms with van der Waals surface area (Å²) in [6, 6.07) is 11.9. The van der Waals surface area contributed by atoms with E-state index in [9.17, 15) is 14.7 Å². The molecule has 2 aliphatic heterocycles. The number of fused-ring (bicyclic) bond motifs is 1. The second-order valence-electron chi connectivity index (χ2n) is 7.44. The highest BCUT2D eigenvalue weighted by atomic mass is 32.1. The summed E-state index contributed by atoms with van der Waals surface area (Å²) >= 11 is 1.26. The molecule has 0 radical (unpaired) electrons. The van der Waals surface area contributed by atoms with E-state index in [2.05, 4.69) is 11.9 Å². The molecule has 1 aromatic heterocycles. The third-order valence-electron chi connectivity index (χ3n) is 5.59. The number of hydrogen-bond donors (Lipinski definition) is 1. The lowest BCUT2D eigenvalue weighted by Gasteiger charge is -2.23. The molecule has 1 fully saturated rings. The number of nitrogens with zero attached hydrogens (tertiary/aromatic N) is 2. The van der Waals surface area contributed by atoms with Gasteiger partial charge in [-0.3, -0.25) is 14.5 Å². The van der Waals surface area contributed by atoms with E-state index in [1.165, 1.54) is 16.2 Å². The maximum atomic E-state index is 13.1. The van der Waals surface area contributed by atoms with Crippen LogP contribution in [0.1, 0.15) is 29.7 Å². The van der Waals surface area contributed by atoms with Gasteiger partial charge < -0.3 is 14.6 Å². The second-order valence-corrected chi connectivity index (χ2v) is 8.31. The maximum absolute atomic E-state index is 13.1. The maximum Gasteiger partial charge on any atom is 0.301 e. The number of aromatic nitrogens is 1. The minimum absolute atomic E-state index is 0.0196. The molecule has 5 rings (SSSR count). The average molecular weight is 449 g/mol. The summed E-state index contributed by atoms with van der Waals surface area (Å²) < 4.78 is 11.2. The van der Waals surface area contributed by atoms with Crippen LogP contribution in [0.3, 0.4) is 0 Å². The van der Waals surface area contributed by atoms with Crippen molar-refractivity contribution in [2.75, 3.05) is 18.1 Å². The Morgan fingerprint density at radius 3 is 2.56 bits per heavy atom. The van der Waals surface area contributed by atoms with Crippen LogP contribution in [0, 0.1) is 0 Å². The molecule has 3 aromatic rings. The molecule has 1 N–H and O–H groups in total. The quantitative estimate of drug-likeness (QED) is 0.367. The van der Waals surface area contributed by atoms with E-state index in [4.69, 9.17) is 9.47 Å². The second kappa shape index (κ2) is 8.12. The highest BCUT2D eigenvalue weighted by molar-refractivity contribution is 7.14. The van der Waals surface area contributed by atoms with E-state index in [-0.39, 0.29) is 11.3 Å². The molecule has 0 spiro atoms. The molecule has 3 heterocycles. The Labute approximate surface area is 188 Å². The van der Waals surface area contributed by atoms with Crippen molar-refractivity contribution in [2.45, 2.75) is 19.4 Å². The molecule has 0 saturated carbocycles. The number of ketones is 1. The zero-order valence-electron chi connectivity index (χ0n) is 17.3. The molecule has 162 valence electrons. The van der Waals surface area contributed by atoms with Crippen LogP contribution in [0.15, 0.2) is 59.6 Å². The number of aliphatic hydroxyl groups is 1. The number of thiazole rings is 1. The lowest BCUT2D eigenvalue weighted by Crippen LogP contribution is -2.29. The van der Waals surface area contributed by atoms with Crippen molar-refractivity contribution in [1.29, 1.82) is 0 Å². The largest absolute Gasteiger partial charge is 0.507 e. The Bertz CT molecular complexity index is 1220. The third-order valence-corrected chi connectivity index (χ3v) is 6.36. The molecule has 1 atom stereocenters. The number of carbonyl (C=O) groups excluding carboxylic acids is 2. The summed E-state index contributed by atoms with van der Waals surface area (Å²) in [5.74, 6) is -0.675. The third kappa shape index (κ3) is 3.33. The Kier molecular flexibility index (Phi) is 5.14. The van der Waals surface area contributed by atoms with Crippen molar-refractivity contribution >= 4 is 33.9 Å². The number of benzene rings is 2. The fourth-order valence-corrected chi connectivity index (χ4v) is 4.63. The first-order valence-corrected chi connectivity index (χ1v) is 11.2. The van der Waals surface area contributed by atoms with Crippen LogP contribution < -0.4 is 14.4 Å². The average Bonchev–Trinajstić information content (AvgIpc) is 3.45. The molecule has 32 heavy (non-hydrogen) atoms. The van der Waals surface area contributed by atoms with Crippen molar-refractivity contribution in [3.8, 4) is 11.5 Å². The number of Topliss-reactive ketones (excluding diaryl/α,β-unsaturated/α-hetero) is 1. The van der Waals surface area contributed by atoms with Gasteiger partial charge in [0.15, 0.2) is 16.6 Å². The van der Waals surface area contributed by atoms with Gasteiger partial charge in [-0.1, -0.05) is 31.2 Å². The molecule has 2 aliphatic rings. The van der Waals surface area contributed by atoms with Crippen molar-refractivity contribution in [3.63, 3.8) is 0 Å². The summed E-state index contributed by atoms with van der Waals surface area (Å²) in [6.45, 7) is 2.90. The topological polar surface area (TPSA) is 89.0 Å². The fourth-order valence-electron chi connectivity index (χ4n) is 3.96. The number of aliphatic hydroxyl groups excluding tert-OH is 1. The van der Waals surface area contributed by atoms with Gasteiger partial charge in [0.2, 0.25) is 0 Å². The molecule has 2 aromatic carbocycles. The number of rotatable bonds is 4. The summed E-state index contributed by atoms with van der Waals surface area (Å²) in [4.78, 5) is 31.8. The van der Waals surface area contributed by atoms with Crippen molar-refractivity contribution in [1.82, 2.24) is 4.98 Å². The zero-order chi connectivity index (χ0) is 22.2. The van der Waals surface area contributed by atoms with Gasteiger partial charge in [-0.2, -0.15) is 0 Å². The molecule has 8 heteroatoms. The molecular weight excluding hydrogens is 428 g/mol. The predicted molar refractivity (Wildman–Crippen MR) is 120 cm³/mol. The number of anilines is 1. The highest BCUT2D eigenvalue weighted by Gasteiger charge is 2.48. The van der Waals surface area contributed by atoms with Gasteiger partial charge in [-0.05, 0) is 35.7 Å². The number of hydrogen-bond acceptors (Lipinski definition) is 7. The van der Waals surface area contributed by atoms with Gasteiger partial charge in [0.25, 0.3) is 5.78 Å². The summed E-state index contributed by atoms with van der Waals surface area (Å²) in [6.07, 6.45) is 2.45. The Balaban J connectivity index is 1.67. The first-order chi connectivity index (χ1) is 15.6. The Morgan fingerprint density at radius 1 is 1.12 bits per heavy atom. The van der Waals surface area contributed by atoms with Gasteiger partial charge in [0.1, 0.15) is 19.0 Å². The Morgan fingerprint density at radius 2 is 1.88 bits per heavy atom. The van der Waals surface area contributed by atoms with Crippen molar-refractivity contribution in [3.05, 3.63) is 76.3 Å². The lowest BCUT2D eigenvalue weighted by molar-refractivity contribution is -0.132. The standard InChI is InChI=1S/C24H20N2O5S/c1-2-14-3-5-15(6-4-14)20-19(22(28)23(29)26(20)24-25-9-12-32-24)21(27)16-7-8-17-18(13-16)31-11-10-30-17/h3-9,12-13,20,27H,2,10-11H2,1H3/b21-19+/t20-/m0/s1. The molecule has 0 aliphatic carbocycles. The van der Waals surface area contributed by atoms with Crippen molar-refractivity contribution < 1.29 is 24.2 Å². The van der Waals surface area contributed by atoms with Crippen LogP contribution in [-0.4, -0.2) is 35.0 Å². The van der Waals surface area contributed by atoms with Crippen LogP contribution in [0.2, 0.25) is 0 Å². The summed E-state index contributed by atoms with van der Waals surface area (Å²) in [5, 5.41) is 13.4. The van der Waals surface area contributed by atoms with E-state index in [1.54, 1.807) is 29.8 Å². The van der Waals surface area contributed by atoms with Gasteiger partial charge in [0, 0.05) is 17.1 Å². The first kappa shape index (κ1) is 20.3. The van der Waals surface area contributed by atoms with Crippen LogP contribution in [0.5, 0.6) is 11.5 Å². The van der Waals surface area contributed by atoms with Gasteiger partial charge in [0.05, 0.1) is 11.6 Å². The summed E-state index contributed by atoms with van der Waals surface area (Å²) in [5.41, 5.74) is 2.25. The van der Waals surface area contributed by atoms with Crippen LogP contribution in [-0.2, 0) is 16.0 Å². The predicted octanol–water partition coefficient (Wildman–Crippen LogP) is 4.10. The monoisotopic (exact) mass is 448 g/mol. The van der Waals surface area contributed by atoms with Gasteiger partial charge in [-0.25, -0.2) is 4.98 Å². The van der Waals surface area contributed by atoms with Gasteiger partial charge >= 0.3 is 5.91 Å². The molecule has 7 nitrogen and oxygen atoms in total. The fraction of sp³-hybridized carbons (Fsp3) is 0.208. The van der Waals surface area contributed by atoms with E-state index in [0.29, 0.717) is 35.4 Å². The normalized spacial score (nSPS) is 19.4. The van der Waals surface area contributed by atoms with Crippen LogP contribution in [0.25, 0.3) is 5.76 Å². The number of amides is 1.